The van der Waals surface area contributed by atoms with Crippen LogP contribution in [0, 0.1) is 0 Å². The average Bonchev–Trinajstić information content (AvgIpc) is 3.17. The van der Waals surface area contributed by atoms with Crippen molar-refractivity contribution in [1.29, 1.82) is 0 Å². The topological polar surface area (TPSA) is 70.5 Å². The largest absolute Gasteiger partial charge is 0.333 e. The third-order valence-electron chi connectivity index (χ3n) is 4.59. The van der Waals surface area contributed by atoms with Crippen LogP contribution in [0.2, 0.25) is 0 Å². The quantitative estimate of drug-likeness (QED) is 0.912. The number of hydrogen-bond donors (Lipinski definition) is 1. The normalized spacial score (nSPS) is 25.6. The molecule has 7 nitrogen and oxygen atoms in total. The first kappa shape index (κ1) is 14.9. The number of amides is 3. The molecule has 0 aromatic carbocycles. The van der Waals surface area contributed by atoms with E-state index in [2.05, 4.69) is 10.4 Å². The Morgan fingerprint density at radius 3 is 2.91 bits per heavy atom. The molecule has 3 amide bonds. The van der Waals surface area contributed by atoms with E-state index in [-0.39, 0.29) is 30.6 Å². The molecule has 0 bridgehead atoms. The van der Waals surface area contributed by atoms with Crippen LogP contribution in [0.5, 0.6) is 0 Å². The molecule has 2 atom stereocenters. The van der Waals surface area contributed by atoms with Gasteiger partial charge in [-0.05, 0) is 25.8 Å². The molecule has 1 saturated carbocycles. The van der Waals surface area contributed by atoms with E-state index in [4.69, 9.17) is 0 Å². The van der Waals surface area contributed by atoms with Crippen molar-refractivity contribution in [3.8, 4) is 0 Å². The van der Waals surface area contributed by atoms with Gasteiger partial charge in [-0.3, -0.25) is 14.4 Å². The summed E-state index contributed by atoms with van der Waals surface area (Å²) in [5, 5.41) is 7.43. The van der Waals surface area contributed by atoms with Gasteiger partial charge in [0.15, 0.2) is 0 Å². The van der Waals surface area contributed by atoms with Crippen molar-refractivity contribution in [2.45, 2.75) is 44.7 Å². The number of urea groups is 1. The minimum absolute atomic E-state index is 0.0184. The Labute approximate surface area is 130 Å². The summed E-state index contributed by atoms with van der Waals surface area (Å²) < 4.78 is 1.94. The van der Waals surface area contributed by atoms with Gasteiger partial charge in [-0.25, -0.2) is 4.79 Å². The molecule has 1 aromatic rings. The number of likely N-dealkylation sites (N-methyl/N-ethyl adjacent to an activating group) is 1. The molecule has 7 heteroatoms. The Balaban J connectivity index is 1.63. The van der Waals surface area contributed by atoms with E-state index in [1.807, 2.05) is 23.9 Å². The van der Waals surface area contributed by atoms with Gasteiger partial charge in [-0.15, -0.1) is 0 Å². The predicted octanol–water partition coefficient (Wildman–Crippen LogP) is 1.20. The fourth-order valence-electron chi connectivity index (χ4n) is 3.33. The number of nitrogens with zero attached hydrogens (tertiary/aromatic N) is 4. The van der Waals surface area contributed by atoms with Crippen molar-refractivity contribution in [3.05, 3.63) is 18.5 Å². The molecule has 1 aliphatic carbocycles. The van der Waals surface area contributed by atoms with Crippen LogP contribution in [0.3, 0.4) is 0 Å². The highest BCUT2D eigenvalue weighted by Gasteiger charge is 2.33. The third-order valence-corrected chi connectivity index (χ3v) is 4.59. The molecule has 1 aliphatic heterocycles. The summed E-state index contributed by atoms with van der Waals surface area (Å²) in [5.74, 6) is 0.0184. The van der Waals surface area contributed by atoms with Crippen molar-refractivity contribution in [1.82, 2.24) is 24.9 Å². The minimum Gasteiger partial charge on any atom is -0.333 e. The lowest BCUT2D eigenvalue weighted by Gasteiger charge is -2.33. The van der Waals surface area contributed by atoms with Crippen LogP contribution in [0.4, 0.5) is 4.79 Å². The highest BCUT2D eigenvalue weighted by molar-refractivity contribution is 5.87. The van der Waals surface area contributed by atoms with Crippen molar-refractivity contribution < 1.29 is 9.59 Å². The first-order valence-corrected chi connectivity index (χ1v) is 8.01. The number of rotatable bonds is 3. The monoisotopic (exact) mass is 305 g/mol. The molecule has 2 heterocycles. The van der Waals surface area contributed by atoms with Gasteiger partial charge >= 0.3 is 6.03 Å². The Morgan fingerprint density at radius 1 is 1.41 bits per heavy atom. The fraction of sp³-hybridized carbons (Fsp3) is 0.667. The van der Waals surface area contributed by atoms with Crippen molar-refractivity contribution in [2.24, 2.45) is 0 Å². The van der Waals surface area contributed by atoms with E-state index in [0.29, 0.717) is 13.2 Å². The Bertz CT molecular complexity index is 530. The molecule has 1 N–H and O–H groups in total. The van der Waals surface area contributed by atoms with Crippen LogP contribution < -0.4 is 5.32 Å². The molecular formula is C15H23N5O2. The Kier molecular flexibility index (Phi) is 4.31. The SMILES string of the molecule is CCN1CN(C(=O)N[C@@H]2CCCC[C@@H]2n2cccn2)CC1=O. The summed E-state index contributed by atoms with van der Waals surface area (Å²) >= 11 is 0. The first-order chi connectivity index (χ1) is 10.7. The summed E-state index contributed by atoms with van der Waals surface area (Å²) in [6, 6.07) is 2.04. The highest BCUT2D eigenvalue weighted by atomic mass is 16.2. The molecule has 120 valence electrons. The molecule has 22 heavy (non-hydrogen) atoms. The van der Waals surface area contributed by atoms with Crippen LogP contribution >= 0.6 is 0 Å². The molecule has 1 saturated heterocycles. The first-order valence-electron chi connectivity index (χ1n) is 8.01. The van der Waals surface area contributed by atoms with Gasteiger partial charge in [0.2, 0.25) is 5.91 Å². The molecule has 1 aromatic heterocycles. The van der Waals surface area contributed by atoms with E-state index < -0.39 is 0 Å². The van der Waals surface area contributed by atoms with E-state index in [9.17, 15) is 9.59 Å². The molecular weight excluding hydrogens is 282 g/mol. The lowest BCUT2D eigenvalue weighted by atomic mass is 9.90. The zero-order chi connectivity index (χ0) is 15.5. The zero-order valence-corrected chi connectivity index (χ0v) is 12.9. The van der Waals surface area contributed by atoms with E-state index in [0.717, 1.165) is 25.7 Å². The minimum atomic E-state index is -0.145. The number of aromatic nitrogens is 2. The van der Waals surface area contributed by atoms with Crippen LogP contribution in [0.1, 0.15) is 38.6 Å². The van der Waals surface area contributed by atoms with E-state index >= 15 is 0 Å². The van der Waals surface area contributed by atoms with E-state index in [1.165, 1.54) is 0 Å². The summed E-state index contributed by atoms with van der Waals surface area (Å²) in [7, 11) is 0. The van der Waals surface area contributed by atoms with Crippen LogP contribution in [-0.4, -0.2) is 57.3 Å². The second-order valence-electron chi connectivity index (χ2n) is 5.98. The van der Waals surface area contributed by atoms with Crippen LogP contribution in [0.15, 0.2) is 18.5 Å². The number of nitrogens with one attached hydrogen (secondary N) is 1. The zero-order valence-electron chi connectivity index (χ0n) is 12.9. The van der Waals surface area contributed by atoms with E-state index in [1.54, 1.807) is 16.0 Å². The maximum Gasteiger partial charge on any atom is 0.319 e. The maximum absolute atomic E-state index is 12.4. The Morgan fingerprint density at radius 2 is 2.23 bits per heavy atom. The highest BCUT2D eigenvalue weighted by Crippen LogP contribution is 2.28. The van der Waals surface area contributed by atoms with Crippen LogP contribution in [-0.2, 0) is 4.79 Å². The van der Waals surface area contributed by atoms with Gasteiger partial charge in [-0.2, -0.15) is 5.10 Å². The summed E-state index contributed by atoms with van der Waals surface area (Å²) in [4.78, 5) is 27.5. The molecule has 0 radical (unpaired) electrons. The predicted molar refractivity (Wildman–Crippen MR) is 81.0 cm³/mol. The van der Waals surface area contributed by atoms with Crippen LogP contribution in [0.25, 0.3) is 0 Å². The van der Waals surface area contributed by atoms with Crippen molar-refractivity contribution in [2.75, 3.05) is 19.8 Å². The lowest BCUT2D eigenvalue weighted by Crippen LogP contribution is -2.48. The number of carbonyl (C=O) groups excluding carboxylic acids is 2. The van der Waals surface area contributed by atoms with Gasteiger partial charge in [-0.1, -0.05) is 12.8 Å². The summed E-state index contributed by atoms with van der Waals surface area (Å²) in [6.07, 6.45) is 7.96. The van der Waals surface area contributed by atoms with Gasteiger partial charge in [0.25, 0.3) is 0 Å². The molecule has 2 fully saturated rings. The average molecular weight is 305 g/mol. The van der Waals surface area contributed by atoms with Crippen molar-refractivity contribution >= 4 is 11.9 Å². The summed E-state index contributed by atoms with van der Waals surface area (Å²) in [6.45, 7) is 3.13. The van der Waals surface area contributed by atoms with Crippen molar-refractivity contribution in [3.63, 3.8) is 0 Å². The molecule has 2 aliphatic rings. The molecule has 0 unspecified atom stereocenters. The number of hydrogen-bond acceptors (Lipinski definition) is 3. The second kappa shape index (κ2) is 6.37. The summed E-state index contributed by atoms with van der Waals surface area (Å²) in [5.41, 5.74) is 0. The second-order valence-corrected chi connectivity index (χ2v) is 5.98. The van der Waals surface area contributed by atoms with Gasteiger partial charge in [0.05, 0.1) is 18.8 Å². The molecule has 0 spiro atoms. The number of carbonyl (C=O) groups is 2. The Hall–Kier alpha value is -2.05. The lowest BCUT2D eigenvalue weighted by molar-refractivity contribution is -0.126. The smallest absolute Gasteiger partial charge is 0.319 e. The maximum atomic E-state index is 12.4. The van der Waals surface area contributed by atoms with Gasteiger partial charge in [0, 0.05) is 18.9 Å². The molecule has 3 rings (SSSR count). The van der Waals surface area contributed by atoms with Gasteiger partial charge in [0.1, 0.15) is 6.54 Å². The standard InChI is InChI=1S/C15H23N5O2/c1-2-18-11-19(10-14(18)21)15(22)17-12-6-3-4-7-13(12)20-9-5-8-16-20/h5,8-9,12-13H,2-4,6-7,10-11H2,1H3,(H,17,22)/t12-,13+/m1/s1. The fourth-order valence-corrected chi connectivity index (χ4v) is 3.33. The van der Waals surface area contributed by atoms with Gasteiger partial charge < -0.3 is 10.2 Å². The third kappa shape index (κ3) is 2.93.